The molecule has 1 rings (SSSR count). The van der Waals surface area contributed by atoms with Crippen LogP contribution in [0.5, 0.6) is 5.75 Å². The normalized spacial score (nSPS) is 10.2. The minimum absolute atomic E-state index is 0.349. The smallest absolute Gasteiger partial charge is 0.342 e. The molecule has 20 heavy (non-hydrogen) atoms. The lowest BCUT2D eigenvalue weighted by atomic mass is 10.1. The van der Waals surface area contributed by atoms with Crippen LogP contribution >= 0.6 is 0 Å². The second-order valence-corrected chi connectivity index (χ2v) is 4.50. The van der Waals surface area contributed by atoms with Gasteiger partial charge in [-0.15, -0.1) is 0 Å². The Hall–Kier alpha value is -2.11. The van der Waals surface area contributed by atoms with Gasteiger partial charge in [0.25, 0.3) is 5.69 Å². The Morgan fingerprint density at radius 2 is 2.00 bits per heavy atom. The summed E-state index contributed by atoms with van der Waals surface area (Å²) in [6.07, 6.45) is 5.47. The maximum Gasteiger partial charge on any atom is 0.342 e. The van der Waals surface area contributed by atoms with Gasteiger partial charge >= 0.3 is 5.97 Å². The average Bonchev–Trinajstić information content (AvgIpc) is 2.42. The molecule has 0 saturated carbocycles. The van der Waals surface area contributed by atoms with Crippen LogP contribution in [-0.4, -0.2) is 22.6 Å². The van der Waals surface area contributed by atoms with Gasteiger partial charge in [-0.3, -0.25) is 10.1 Å². The second-order valence-electron chi connectivity index (χ2n) is 4.50. The van der Waals surface area contributed by atoms with Crippen LogP contribution in [0, 0.1) is 10.1 Å². The van der Waals surface area contributed by atoms with E-state index in [2.05, 4.69) is 6.92 Å². The van der Waals surface area contributed by atoms with Crippen molar-refractivity contribution in [1.82, 2.24) is 0 Å². The first-order chi connectivity index (χ1) is 9.56. The number of aromatic carboxylic acids is 1. The van der Waals surface area contributed by atoms with Crippen molar-refractivity contribution >= 4 is 11.7 Å². The number of carboxylic acids is 1. The van der Waals surface area contributed by atoms with Crippen molar-refractivity contribution in [3.8, 4) is 5.75 Å². The summed E-state index contributed by atoms with van der Waals surface area (Å²) in [6.45, 7) is 2.63. The number of carbonyl (C=O) groups is 1. The predicted molar refractivity (Wildman–Crippen MR) is 74.3 cm³/mol. The molecule has 6 nitrogen and oxygen atoms in total. The SMILES string of the molecule is CCCCCCCOc1ccc([N+](=O)[O-])c(C(=O)O)c1. The van der Waals surface area contributed by atoms with Crippen molar-refractivity contribution in [3.05, 3.63) is 33.9 Å². The molecule has 1 aromatic carbocycles. The summed E-state index contributed by atoms with van der Waals surface area (Å²) in [5, 5.41) is 19.6. The van der Waals surface area contributed by atoms with Gasteiger partial charge in [0.2, 0.25) is 0 Å². The fraction of sp³-hybridized carbons (Fsp3) is 0.500. The molecule has 0 bridgehead atoms. The van der Waals surface area contributed by atoms with E-state index < -0.39 is 16.6 Å². The summed E-state index contributed by atoms with van der Waals surface area (Å²) in [7, 11) is 0. The van der Waals surface area contributed by atoms with Crippen molar-refractivity contribution in [1.29, 1.82) is 0 Å². The first kappa shape index (κ1) is 15.9. The highest BCUT2D eigenvalue weighted by Gasteiger charge is 2.20. The molecule has 0 saturated heterocycles. The molecule has 0 fully saturated rings. The van der Waals surface area contributed by atoms with E-state index >= 15 is 0 Å². The first-order valence-corrected chi connectivity index (χ1v) is 6.70. The summed E-state index contributed by atoms with van der Waals surface area (Å²) in [4.78, 5) is 21.0. The highest BCUT2D eigenvalue weighted by Crippen LogP contribution is 2.24. The number of benzene rings is 1. The molecule has 0 aromatic heterocycles. The van der Waals surface area contributed by atoms with Gasteiger partial charge in [-0.2, -0.15) is 0 Å². The summed E-state index contributed by atoms with van der Waals surface area (Å²) >= 11 is 0. The predicted octanol–water partition coefficient (Wildman–Crippen LogP) is 3.64. The van der Waals surface area contributed by atoms with Crippen molar-refractivity contribution < 1.29 is 19.6 Å². The van der Waals surface area contributed by atoms with Crippen LogP contribution in [0.15, 0.2) is 18.2 Å². The van der Waals surface area contributed by atoms with Crippen molar-refractivity contribution in [2.24, 2.45) is 0 Å². The third kappa shape index (κ3) is 4.87. The van der Waals surface area contributed by atoms with Gasteiger partial charge in [0.05, 0.1) is 11.5 Å². The van der Waals surface area contributed by atoms with E-state index in [9.17, 15) is 14.9 Å². The standard InChI is InChI=1S/C14H19NO5/c1-2-3-4-5-6-9-20-11-7-8-13(15(18)19)12(10-11)14(16)17/h7-8,10H,2-6,9H2,1H3,(H,16,17). The Labute approximate surface area is 117 Å². The zero-order chi connectivity index (χ0) is 15.0. The number of carboxylic acid groups (broad SMARTS) is 1. The van der Waals surface area contributed by atoms with Gasteiger partial charge in [-0.05, 0) is 12.5 Å². The van der Waals surface area contributed by atoms with Crippen LogP contribution in [0.2, 0.25) is 0 Å². The topological polar surface area (TPSA) is 89.7 Å². The lowest BCUT2D eigenvalue weighted by molar-refractivity contribution is -0.385. The minimum atomic E-state index is -1.33. The number of hydrogen-bond donors (Lipinski definition) is 1. The monoisotopic (exact) mass is 281 g/mol. The van der Waals surface area contributed by atoms with E-state index in [0.717, 1.165) is 25.3 Å². The molecule has 110 valence electrons. The molecule has 0 radical (unpaired) electrons. The number of ether oxygens (including phenoxy) is 1. The van der Waals surface area contributed by atoms with Crippen molar-refractivity contribution in [2.75, 3.05) is 6.61 Å². The van der Waals surface area contributed by atoms with Gasteiger partial charge in [-0.25, -0.2) is 4.79 Å². The lowest BCUT2D eigenvalue weighted by Gasteiger charge is -2.07. The molecule has 0 unspecified atom stereocenters. The molecule has 0 spiro atoms. The third-order valence-corrected chi connectivity index (χ3v) is 2.91. The average molecular weight is 281 g/mol. The summed E-state index contributed by atoms with van der Waals surface area (Å²) in [5.41, 5.74) is -0.772. The maximum atomic E-state index is 11.0. The molecular weight excluding hydrogens is 262 g/mol. The van der Waals surface area contributed by atoms with Gasteiger partial charge in [0, 0.05) is 12.1 Å². The first-order valence-electron chi connectivity index (χ1n) is 6.70. The van der Waals surface area contributed by atoms with Crippen LogP contribution in [0.1, 0.15) is 49.4 Å². The highest BCUT2D eigenvalue weighted by molar-refractivity contribution is 5.92. The Balaban J connectivity index is 2.57. The molecule has 0 atom stereocenters. The van der Waals surface area contributed by atoms with Gasteiger partial charge in [0.15, 0.2) is 0 Å². The Morgan fingerprint density at radius 1 is 1.30 bits per heavy atom. The molecule has 6 heteroatoms. The summed E-state index contributed by atoms with van der Waals surface area (Å²) in [5.74, 6) is -0.978. The third-order valence-electron chi connectivity index (χ3n) is 2.91. The van der Waals surface area contributed by atoms with Gasteiger partial charge in [0.1, 0.15) is 11.3 Å². The number of nitrogens with zero attached hydrogens (tertiary/aromatic N) is 1. The molecular formula is C14H19NO5. The van der Waals surface area contributed by atoms with E-state index in [1.807, 2.05) is 0 Å². The Bertz CT molecular complexity index is 473. The molecule has 1 N–H and O–H groups in total. The van der Waals surface area contributed by atoms with E-state index in [4.69, 9.17) is 9.84 Å². The zero-order valence-corrected chi connectivity index (χ0v) is 11.5. The van der Waals surface area contributed by atoms with Crippen LogP contribution < -0.4 is 4.74 Å². The van der Waals surface area contributed by atoms with E-state index in [0.29, 0.717) is 12.4 Å². The number of unbranched alkanes of at least 4 members (excludes halogenated alkanes) is 4. The molecule has 1 aromatic rings. The van der Waals surface area contributed by atoms with Gasteiger partial charge in [-0.1, -0.05) is 32.6 Å². The van der Waals surface area contributed by atoms with Gasteiger partial charge < -0.3 is 9.84 Å². The van der Waals surface area contributed by atoms with Crippen molar-refractivity contribution in [2.45, 2.75) is 39.0 Å². The number of rotatable bonds is 9. The lowest BCUT2D eigenvalue weighted by Crippen LogP contribution is -2.04. The zero-order valence-electron chi connectivity index (χ0n) is 11.5. The number of nitro benzene ring substituents is 1. The fourth-order valence-corrected chi connectivity index (χ4v) is 1.83. The van der Waals surface area contributed by atoms with Crippen LogP contribution in [-0.2, 0) is 0 Å². The fourth-order valence-electron chi connectivity index (χ4n) is 1.83. The molecule has 0 amide bonds. The number of hydrogen-bond acceptors (Lipinski definition) is 4. The van der Waals surface area contributed by atoms with Crippen LogP contribution in [0.3, 0.4) is 0 Å². The summed E-state index contributed by atoms with van der Waals surface area (Å²) < 4.78 is 5.43. The van der Waals surface area contributed by atoms with E-state index in [-0.39, 0.29) is 5.56 Å². The molecule has 0 aliphatic rings. The minimum Gasteiger partial charge on any atom is -0.494 e. The summed E-state index contributed by atoms with van der Waals surface area (Å²) in [6, 6.07) is 3.79. The molecule has 0 heterocycles. The van der Waals surface area contributed by atoms with E-state index in [1.54, 1.807) is 0 Å². The Kier molecular flexibility index (Phi) is 6.49. The van der Waals surface area contributed by atoms with E-state index in [1.165, 1.54) is 25.0 Å². The Morgan fingerprint density at radius 3 is 2.60 bits per heavy atom. The largest absolute Gasteiger partial charge is 0.494 e. The van der Waals surface area contributed by atoms with Crippen LogP contribution in [0.25, 0.3) is 0 Å². The quantitative estimate of drug-likeness (QED) is 0.424. The van der Waals surface area contributed by atoms with Crippen LogP contribution in [0.4, 0.5) is 5.69 Å². The maximum absolute atomic E-state index is 11.0. The molecule has 0 aliphatic carbocycles. The number of nitro groups is 1. The highest BCUT2D eigenvalue weighted by atomic mass is 16.6. The second kappa shape index (κ2) is 8.14. The molecule has 0 aliphatic heterocycles. The van der Waals surface area contributed by atoms with Crippen molar-refractivity contribution in [3.63, 3.8) is 0 Å².